The summed E-state index contributed by atoms with van der Waals surface area (Å²) in [5.74, 6) is -0.605. The summed E-state index contributed by atoms with van der Waals surface area (Å²) >= 11 is 0. The molecule has 0 saturated carbocycles. The van der Waals surface area contributed by atoms with Crippen molar-refractivity contribution in [3.63, 3.8) is 0 Å². The number of ether oxygens (including phenoxy) is 1. The molecular formula is C11H16N2O4. The maximum atomic E-state index is 11.0. The first-order valence-electron chi connectivity index (χ1n) is 4.86. The largest absolute Gasteiger partial charge is 0.445 e. The highest BCUT2D eigenvalue weighted by molar-refractivity contribution is 5.80. The molecule has 0 heterocycles. The van der Waals surface area contributed by atoms with E-state index in [1.807, 2.05) is 30.3 Å². The zero-order chi connectivity index (χ0) is 13.1. The number of nitrogens with one attached hydrogen (secondary N) is 1. The van der Waals surface area contributed by atoms with Gasteiger partial charge in [0, 0.05) is 7.11 Å². The van der Waals surface area contributed by atoms with Gasteiger partial charge in [0.1, 0.15) is 6.61 Å². The fraction of sp³-hybridized carbons (Fsp3) is 0.273. The van der Waals surface area contributed by atoms with Crippen LogP contribution in [0.3, 0.4) is 0 Å². The molecular weight excluding hydrogens is 224 g/mol. The van der Waals surface area contributed by atoms with Crippen LogP contribution in [0.2, 0.25) is 0 Å². The van der Waals surface area contributed by atoms with E-state index in [1.165, 1.54) is 0 Å². The van der Waals surface area contributed by atoms with Crippen LogP contribution in [0, 0.1) is 0 Å². The average molecular weight is 240 g/mol. The third-order valence-corrected chi connectivity index (χ3v) is 1.62. The monoisotopic (exact) mass is 240 g/mol. The van der Waals surface area contributed by atoms with E-state index in [4.69, 9.17) is 15.6 Å². The first-order chi connectivity index (χ1) is 8.18. The van der Waals surface area contributed by atoms with E-state index < -0.39 is 12.0 Å². The molecule has 94 valence electrons. The molecule has 0 aliphatic carbocycles. The number of alkyl carbamates (subject to hydrolysis) is 1. The number of amides is 2. The number of hydrogen-bond acceptors (Lipinski definition) is 4. The molecule has 0 aliphatic heterocycles. The van der Waals surface area contributed by atoms with Crippen molar-refractivity contribution >= 4 is 12.0 Å². The van der Waals surface area contributed by atoms with Gasteiger partial charge in [0.2, 0.25) is 5.91 Å². The normalized spacial score (nSPS) is 8.59. The second kappa shape index (κ2) is 9.17. The molecule has 6 nitrogen and oxygen atoms in total. The molecule has 0 fully saturated rings. The van der Waals surface area contributed by atoms with E-state index in [0.717, 1.165) is 12.7 Å². The van der Waals surface area contributed by atoms with Gasteiger partial charge in [-0.1, -0.05) is 30.3 Å². The molecule has 0 aromatic heterocycles. The highest BCUT2D eigenvalue weighted by Gasteiger charge is 2.03. The Kier molecular flexibility index (Phi) is 8.05. The number of rotatable bonds is 4. The Balaban J connectivity index is 0.00000121. The lowest BCUT2D eigenvalue weighted by Gasteiger charge is -2.05. The topological polar surface area (TPSA) is 102 Å². The number of carbonyl (C=O) groups is 2. The summed E-state index contributed by atoms with van der Waals surface area (Å²) in [5.41, 5.74) is 5.72. The zero-order valence-electron chi connectivity index (χ0n) is 9.55. The molecule has 4 N–H and O–H groups in total. The fourth-order valence-electron chi connectivity index (χ4n) is 0.933. The molecule has 1 aromatic carbocycles. The molecule has 1 aromatic rings. The Morgan fingerprint density at radius 1 is 1.29 bits per heavy atom. The van der Waals surface area contributed by atoms with Crippen molar-refractivity contribution in [2.24, 2.45) is 5.73 Å². The first kappa shape index (κ1) is 14.9. The van der Waals surface area contributed by atoms with Gasteiger partial charge in [0.05, 0.1) is 6.54 Å². The van der Waals surface area contributed by atoms with Gasteiger partial charge in [0.15, 0.2) is 0 Å². The van der Waals surface area contributed by atoms with Crippen molar-refractivity contribution in [1.82, 2.24) is 5.32 Å². The van der Waals surface area contributed by atoms with E-state index in [-0.39, 0.29) is 13.2 Å². The average Bonchev–Trinajstić information content (AvgIpc) is 2.37. The molecule has 0 aliphatic rings. The van der Waals surface area contributed by atoms with Crippen molar-refractivity contribution < 1.29 is 19.4 Å². The first-order valence-corrected chi connectivity index (χ1v) is 4.86. The van der Waals surface area contributed by atoms with Crippen LogP contribution in [0.15, 0.2) is 30.3 Å². The summed E-state index contributed by atoms with van der Waals surface area (Å²) in [4.78, 5) is 21.3. The quantitative estimate of drug-likeness (QED) is 0.689. The Morgan fingerprint density at radius 2 is 1.88 bits per heavy atom. The van der Waals surface area contributed by atoms with Crippen LogP contribution in [-0.4, -0.2) is 30.8 Å². The highest BCUT2D eigenvalue weighted by Crippen LogP contribution is 2.00. The molecule has 1 rings (SSSR count). The summed E-state index contributed by atoms with van der Waals surface area (Å²) in [6, 6.07) is 9.24. The van der Waals surface area contributed by atoms with Gasteiger partial charge in [0.25, 0.3) is 0 Å². The van der Waals surface area contributed by atoms with E-state index in [2.05, 4.69) is 5.32 Å². The Hall–Kier alpha value is -2.08. The second-order valence-electron chi connectivity index (χ2n) is 2.88. The summed E-state index contributed by atoms with van der Waals surface area (Å²) in [7, 11) is 1.00. The van der Waals surface area contributed by atoms with Crippen LogP contribution in [0.5, 0.6) is 0 Å². The predicted molar refractivity (Wildman–Crippen MR) is 62.0 cm³/mol. The third-order valence-electron chi connectivity index (χ3n) is 1.62. The number of aliphatic hydroxyl groups excluding tert-OH is 1. The third kappa shape index (κ3) is 7.80. The van der Waals surface area contributed by atoms with Gasteiger partial charge in [-0.3, -0.25) is 4.79 Å². The Labute approximate surface area is 99.4 Å². The molecule has 6 heteroatoms. The summed E-state index contributed by atoms with van der Waals surface area (Å²) in [6.07, 6.45) is -0.655. The second-order valence-corrected chi connectivity index (χ2v) is 2.88. The number of benzene rings is 1. The minimum absolute atomic E-state index is 0.172. The molecule has 0 atom stereocenters. The van der Waals surface area contributed by atoms with Crippen molar-refractivity contribution in [3.05, 3.63) is 35.9 Å². The lowest BCUT2D eigenvalue weighted by molar-refractivity contribution is -0.117. The minimum atomic E-state index is -0.655. The molecule has 0 radical (unpaired) electrons. The van der Waals surface area contributed by atoms with Crippen LogP contribution in [-0.2, 0) is 16.1 Å². The number of nitrogens with two attached hydrogens (primary N) is 1. The predicted octanol–water partition coefficient (Wildman–Crippen LogP) is 0.00660. The SMILES string of the molecule is CO.NC(=O)CNC(=O)OCc1ccccc1. The van der Waals surface area contributed by atoms with Gasteiger partial charge >= 0.3 is 6.09 Å². The van der Waals surface area contributed by atoms with Crippen LogP contribution in [0.1, 0.15) is 5.56 Å². The molecule has 2 amide bonds. The minimum Gasteiger partial charge on any atom is -0.445 e. The zero-order valence-corrected chi connectivity index (χ0v) is 9.55. The van der Waals surface area contributed by atoms with Gasteiger partial charge in [-0.15, -0.1) is 0 Å². The summed E-state index contributed by atoms with van der Waals surface area (Å²) in [5, 5.41) is 9.22. The summed E-state index contributed by atoms with van der Waals surface area (Å²) < 4.78 is 4.82. The Bertz CT molecular complexity index is 341. The smallest absolute Gasteiger partial charge is 0.407 e. The van der Waals surface area contributed by atoms with Crippen LogP contribution in [0.25, 0.3) is 0 Å². The van der Waals surface area contributed by atoms with E-state index in [1.54, 1.807) is 0 Å². The lowest BCUT2D eigenvalue weighted by Crippen LogP contribution is -2.33. The fourth-order valence-corrected chi connectivity index (χ4v) is 0.933. The van der Waals surface area contributed by atoms with Crippen molar-refractivity contribution in [3.8, 4) is 0 Å². The molecule has 0 bridgehead atoms. The number of primary amides is 1. The van der Waals surface area contributed by atoms with Gasteiger partial charge in [-0.2, -0.15) is 0 Å². The van der Waals surface area contributed by atoms with E-state index >= 15 is 0 Å². The number of hydrogen-bond donors (Lipinski definition) is 3. The van der Waals surface area contributed by atoms with Gasteiger partial charge in [-0.25, -0.2) is 4.79 Å². The molecule has 0 spiro atoms. The van der Waals surface area contributed by atoms with Crippen LogP contribution in [0.4, 0.5) is 4.79 Å². The van der Waals surface area contributed by atoms with Crippen molar-refractivity contribution in [2.45, 2.75) is 6.61 Å². The molecule has 0 saturated heterocycles. The van der Waals surface area contributed by atoms with E-state index in [9.17, 15) is 9.59 Å². The lowest BCUT2D eigenvalue weighted by atomic mass is 10.2. The number of carbonyl (C=O) groups excluding carboxylic acids is 2. The maximum Gasteiger partial charge on any atom is 0.407 e. The Morgan fingerprint density at radius 3 is 2.41 bits per heavy atom. The maximum absolute atomic E-state index is 11.0. The van der Waals surface area contributed by atoms with Crippen molar-refractivity contribution in [1.29, 1.82) is 0 Å². The summed E-state index contributed by atoms with van der Waals surface area (Å²) in [6.45, 7) is -0.0426. The van der Waals surface area contributed by atoms with Crippen molar-refractivity contribution in [2.75, 3.05) is 13.7 Å². The molecule has 0 unspecified atom stereocenters. The van der Waals surface area contributed by atoms with Crippen LogP contribution >= 0.6 is 0 Å². The van der Waals surface area contributed by atoms with Crippen LogP contribution < -0.4 is 11.1 Å². The number of aliphatic hydroxyl groups is 1. The van der Waals surface area contributed by atoms with Gasteiger partial charge < -0.3 is 20.9 Å². The standard InChI is InChI=1S/C10H12N2O3.CH4O/c11-9(13)6-12-10(14)15-7-8-4-2-1-3-5-8;1-2/h1-5H,6-7H2,(H2,11,13)(H,12,14);2H,1H3. The van der Waals surface area contributed by atoms with E-state index in [0.29, 0.717) is 0 Å². The van der Waals surface area contributed by atoms with Gasteiger partial charge in [-0.05, 0) is 5.56 Å². The highest BCUT2D eigenvalue weighted by atomic mass is 16.5. The molecule has 17 heavy (non-hydrogen) atoms.